The molecule has 1 aliphatic rings. The number of aryl methyl sites for hydroxylation is 2. The van der Waals surface area contributed by atoms with Gasteiger partial charge in [-0.3, -0.25) is 9.59 Å². The summed E-state index contributed by atoms with van der Waals surface area (Å²) in [6, 6.07) is 15.4. The van der Waals surface area contributed by atoms with E-state index in [2.05, 4.69) is 20.6 Å². The molecule has 176 valence electrons. The average molecular weight is 459 g/mol. The van der Waals surface area contributed by atoms with E-state index in [0.717, 1.165) is 34.0 Å². The van der Waals surface area contributed by atoms with E-state index < -0.39 is 5.92 Å². The second-order valence-electron chi connectivity index (χ2n) is 8.79. The Bertz CT molecular complexity index is 1200. The highest BCUT2D eigenvalue weighted by atomic mass is 16.2. The molecule has 1 atom stereocenters. The van der Waals surface area contributed by atoms with E-state index in [-0.39, 0.29) is 18.2 Å². The molecule has 1 unspecified atom stereocenters. The van der Waals surface area contributed by atoms with Crippen LogP contribution in [-0.4, -0.2) is 49.5 Å². The van der Waals surface area contributed by atoms with Gasteiger partial charge in [0.1, 0.15) is 0 Å². The Morgan fingerprint density at radius 1 is 1.00 bits per heavy atom. The molecule has 34 heavy (non-hydrogen) atoms. The minimum absolute atomic E-state index is 0.0473. The molecule has 2 N–H and O–H groups in total. The summed E-state index contributed by atoms with van der Waals surface area (Å²) in [4.78, 5) is 38.4. The van der Waals surface area contributed by atoms with E-state index in [0.29, 0.717) is 18.1 Å². The highest BCUT2D eigenvalue weighted by Crippen LogP contribution is 2.31. The van der Waals surface area contributed by atoms with Gasteiger partial charge >= 0.3 is 0 Å². The highest BCUT2D eigenvalue weighted by molar-refractivity contribution is 6.04. The molecule has 0 saturated carbocycles. The normalized spacial score (nSPS) is 15.4. The Hall–Kier alpha value is -3.94. The number of hydrogen-bond donors (Lipinski definition) is 2. The number of anilines is 4. The van der Waals surface area contributed by atoms with Crippen LogP contribution in [0.2, 0.25) is 0 Å². The van der Waals surface area contributed by atoms with Crippen LogP contribution in [0.3, 0.4) is 0 Å². The van der Waals surface area contributed by atoms with Gasteiger partial charge < -0.3 is 20.4 Å². The number of hydrogen-bond acceptors (Lipinski definition) is 6. The van der Waals surface area contributed by atoms with Crippen molar-refractivity contribution in [2.75, 3.05) is 48.1 Å². The van der Waals surface area contributed by atoms with Gasteiger partial charge in [-0.2, -0.15) is 0 Å². The molecule has 0 aliphatic carbocycles. The van der Waals surface area contributed by atoms with Crippen LogP contribution in [0, 0.1) is 19.8 Å². The number of amides is 2. The van der Waals surface area contributed by atoms with Crippen LogP contribution in [0.25, 0.3) is 11.4 Å². The third-order valence-corrected chi connectivity index (χ3v) is 5.96. The van der Waals surface area contributed by atoms with Crippen molar-refractivity contribution in [1.82, 2.24) is 9.97 Å². The summed E-state index contributed by atoms with van der Waals surface area (Å²) in [5.41, 5.74) is 5.93. The van der Waals surface area contributed by atoms with E-state index in [1.807, 2.05) is 81.4 Å². The van der Waals surface area contributed by atoms with Gasteiger partial charge in [0, 0.05) is 62.4 Å². The lowest BCUT2D eigenvalue weighted by atomic mass is 10.1. The molecular formula is C26H30N6O2. The van der Waals surface area contributed by atoms with E-state index in [9.17, 15) is 9.59 Å². The van der Waals surface area contributed by atoms with Gasteiger partial charge in [-0.25, -0.2) is 9.97 Å². The van der Waals surface area contributed by atoms with Crippen LogP contribution in [0.1, 0.15) is 17.8 Å². The standard InChI is InChI=1S/C26H30N6O2/c1-16-12-17(2)29-25(28-16)18-6-11-22(23(13-18)27-3)30-26(34)19-14-24(33)32(15-19)21-9-7-20(8-10-21)31(4)5/h6-13,19,27H,14-15H2,1-5H3,(H,30,34). The maximum absolute atomic E-state index is 13.0. The number of carbonyl (C=O) groups is 2. The van der Waals surface area contributed by atoms with Crippen molar-refractivity contribution < 1.29 is 9.59 Å². The van der Waals surface area contributed by atoms with Gasteiger partial charge in [-0.15, -0.1) is 0 Å². The first-order chi connectivity index (χ1) is 16.2. The first kappa shape index (κ1) is 23.2. The fraction of sp³-hybridized carbons (Fsp3) is 0.308. The number of carbonyl (C=O) groups excluding carboxylic acids is 2. The molecular weight excluding hydrogens is 428 g/mol. The minimum atomic E-state index is -0.423. The van der Waals surface area contributed by atoms with Gasteiger partial charge in [-0.1, -0.05) is 0 Å². The SMILES string of the molecule is CNc1cc(-c2nc(C)cc(C)n2)ccc1NC(=O)C1CC(=O)N(c2ccc(N(C)C)cc2)C1. The summed E-state index contributed by atoms with van der Waals surface area (Å²) >= 11 is 0. The highest BCUT2D eigenvalue weighted by Gasteiger charge is 2.35. The van der Waals surface area contributed by atoms with Gasteiger partial charge in [0.05, 0.1) is 17.3 Å². The van der Waals surface area contributed by atoms with Crippen molar-refractivity contribution in [3.63, 3.8) is 0 Å². The van der Waals surface area contributed by atoms with Crippen molar-refractivity contribution in [1.29, 1.82) is 0 Å². The molecule has 2 aromatic carbocycles. The Morgan fingerprint density at radius 2 is 1.68 bits per heavy atom. The number of nitrogens with one attached hydrogen (secondary N) is 2. The molecule has 1 saturated heterocycles. The molecule has 4 rings (SSSR count). The number of benzene rings is 2. The Morgan fingerprint density at radius 3 is 2.29 bits per heavy atom. The third kappa shape index (κ3) is 4.85. The first-order valence-corrected chi connectivity index (χ1v) is 11.3. The van der Waals surface area contributed by atoms with Crippen molar-refractivity contribution >= 4 is 34.6 Å². The van der Waals surface area contributed by atoms with Crippen LogP contribution in [0.15, 0.2) is 48.5 Å². The van der Waals surface area contributed by atoms with Crippen molar-refractivity contribution in [3.8, 4) is 11.4 Å². The molecule has 1 aromatic heterocycles. The molecule has 2 heterocycles. The predicted octanol–water partition coefficient (Wildman–Crippen LogP) is 3.86. The van der Waals surface area contributed by atoms with Gasteiger partial charge in [0.2, 0.25) is 11.8 Å². The maximum atomic E-state index is 13.0. The minimum Gasteiger partial charge on any atom is -0.386 e. The molecule has 0 bridgehead atoms. The van der Waals surface area contributed by atoms with Crippen molar-refractivity contribution in [3.05, 3.63) is 59.9 Å². The van der Waals surface area contributed by atoms with E-state index >= 15 is 0 Å². The number of rotatable bonds is 6. The largest absolute Gasteiger partial charge is 0.386 e. The van der Waals surface area contributed by atoms with Crippen LogP contribution < -0.4 is 20.4 Å². The molecule has 1 aliphatic heterocycles. The second-order valence-corrected chi connectivity index (χ2v) is 8.79. The van der Waals surface area contributed by atoms with E-state index in [1.54, 1.807) is 11.9 Å². The van der Waals surface area contributed by atoms with Crippen LogP contribution in [0.4, 0.5) is 22.7 Å². The Balaban J connectivity index is 1.48. The fourth-order valence-corrected chi connectivity index (χ4v) is 4.15. The van der Waals surface area contributed by atoms with E-state index in [1.165, 1.54) is 0 Å². The lowest BCUT2D eigenvalue weighted by molar-refractivity contribution is -0.122. The molecule has 8 nitrogen and oxygen atoms in total. The predicted molar refractivity (Wildman–Crippen MR) is 136 cm³/mol. The Labute approximate surface area is 200 Å². The second kappa shape index (κ2) is 9.51. The van der Waals surface area contributed by atoms with Gasteiger partial charge in [-0.05, 0) is 62.4 Å². The molecule has 3 aromatic rings. The molecule has 0 radical (unpaired) electrons. The van der Waals surface area contributed by atoms with E-state index in [4.69, 9.17) is 0 Å². The average Bonchev–Trinajstić information content (AvgIpc) is 3.20. The smallest absolute Gasteiger partial charge is 0.229 e. The molecule has 0 spiro atoms. The quantitative estimate of drug-likeness (QED) is 0.583. The van der Waals surface area contributed by atoms with Crippen LogP contribution in [-0.2, 0) is 9.59 Å². The monoisotopic (exact) mass is 458 g/mol. The zero-order valence-corrected chi connectivity index (χ0v) is 20.2. The summed E-state index contributed by atoms with van der Waals surface area (Å²) in [6.45, 7) is 4.23. The zero-order valence-electron chi connectivity index (χ0n) is 20.2. The summed E-state index contributed by atoms with van der Waals surface area (Å²) < 4.78 is 0. The van der Waals surface area contributed by atoms with Crippen LogP contribution in [0.5, 0.6) is 0 Å². The molecule has 8 heteroatoms. The summed E-state index contributed by atoms with van der Waals surface area (Å²) in [5, 5.41) is 6.13. The van der Waals surface area contributed by atoms with Crippen molar-refractivity contribution in [2.45, 2.75) is 20.3 Å². The van der Waals surface area contributed by atoms with Crippen molar-refractivity contribution in [2.24, 2.45) is 5.92 Å². The summed E-state index contributed by atoms with van der Waals surface area (Å²) in [5.74, 6) is -0.000995. The van der Waals surface area contributed by atoms with Crippen LogP contribution >= 0.6 is 0 Å². The molecule has 2 amide bonds. The summed E-state index contributed by atoms with van der Waals surface area (Å²) in [6.07, 6.45) is 0.185. The third-order valence-electron chi connectivity index (χ3n) is 5.96. The van der Waals surface area contributed by atoms with Gasteiger partial charge in [0.25, 0.3) is 0 Å². The zero-order chi connectivity index (χ0) is 24.4. The van der Waals surface area contributed by atoms with Gasteiger partial charge in [0.15, 0.2) is 5.82 Å². The topological polar surface area (TPSA) is 90.5 Å². The fourth-order valence-electron chi connectivity index (χ4n) is 4.15. The number of aromatic nitrogens is 2. The summed E-state index contributed by atoms with van der Waals surface area (Å²) in [7, 11) is 5.74. The lowest BCUT2D eigenvalue weighted by Crippen LogP contribution is -2.28. The maximum Gasteiger partial charge on any atom is 0.229 e. The lowest BCUT2D eigenvalue weighted by Gasteiger charge is -2.19. The number of nitrogens with zero attached hydrogens (tertiary/aromatic N) is 4. The molecule has 1 fully saturated rings. The Kier molecular flexibility index (Phi) is 6.49. The first-order valence-electron chi connectivity index (χ1n) is 11.3.